The molecular weight excluding hydrogens is 298 g/mol. The number of benzene rings is 1. The minimum absolute atomic E-state index is 0.654. The molecule has 2 rings (SSSR count). The van der Waals surface area contributed by atoms with Crippen LogP contribution in [0, 0.1) is 0 Å². The summed E-state index contributed by atoms with van der Waals surface area (Å²) in [5.41, 5.74) is 1.20. The Morgan fingerprint density at radius 2 is 2.18 bits per heavy atom. The normalized spacial score (nSPS) is 10.5. The molecule has 0 saturated carbocycles. The molecule has 0 atom stereocenters. The van der Waals surface area contributed by atoms with Gasteiger partial charge in [0.25, 0.3) is 0 Å². The van der Waals surface area contributed by atoms with Crippen LogP contribution < -0.4 is 10.2 Å². The minimum Gasteiger partial charge on any atom is -0.368 e. The second-order valence-electron chi connectivity index (χ2n) is 5.22. The number of rotatable bonds is 8. The van der Waals surface area contributed by atoms with Gasteiger partial charge in [-0.3, -0.25) is 0 Å². The number of anilines is 2. The lowest BCUT2D eigenvalue weighted by molar-refractivity contribution is 0.740. The first-order valence-electron chi connectivity index (χ1n) is 7.58. The molecule has 1 aromatic heterocycles. The van der Waals surface area contributed by atoms with Crippen LogP contribution in [-0.4, -0.2) is 35.3 Å². The molecule has 0 unspecified atom stereocenters. The summed E-state index contributed by atoms with van der Waals surface area (Å²) in [7, 11) is 1.99. The van der Waals surface area contributed by atoms with E-state index in [4.69, 9.17) is 11.6 Å². The van der Waals surface area contributed by atoms with Crippen molar-refractivity contribution < 1.29 is 0 Å². The predicted octanol–water partition coefficient (Wildman–Crippen LogP) is 3.42. The first kappa shape index (κ1) is 16.5. The molecule has 1 aromatic carbocycles. The van der Waals surface area contributed by atoms with Crippen molar-refractivity contribution in [3.63, 3.8) is 0 Å². The molecular formula is C16H22ClN5. The Morgan fingerprint density at radius 1 is 1.32 bits per heavy atom. The lowest BCUT2D eigenvalue weighted by Gasteiger charge is -2.16. The molecule has 0 aliphatic carbocycles. The first-order valence-corrected chi connectivity index (χ1v) is 7.96. The van der Waals surface area contributed by atoms with Gasteiger partial charge in [-0.1, -0.05) is 37.1 Å². The smallest absolute Gasteiger partial charge is 0.247 e. The average molecular weight is 320 g/mol. The second-order valence-corrected chi connectivity index (χ2v) is 5.66. The molecule has 1 heterocycles. The molecule has 0 bridgehead atoms. The maximum atomic E-state index is 5.98. The molecule has 0 radical (unpaired) electrons. The summed E-state index contributed by atoms with van der Waals surface area (Å²) in [6.45, 7) is 3.88. The molecule has 1 N–H and O–H groups in total. The van der Waals surface area contributed by atoms with Gasteiger partial charge in [0.15, 0.2) is 5.82 Å². The van der Waals surface area contributed by atoms with E-state index in [1.807, 2.05) is 30.1 Å². The number of hydrogen-bond acceptors (Lipinski definition) is 5. The Balaban J connectivity index is 1.87. The summed E-state index contributed by atoms with van der Waals surface area (Å²) >= 11 is 5.98. The van der Waals surface area contributed by atoms with Crippen molar-refractivity contribution in [3.05, 3.63) is 41.0 Å². The van der Waals surface area contributed by atoms with Crippen molar-refractivity contribution in [2.24, 2.45) is 0 Å². The molecule has 0 amide bonds. The van der Waals surface area contributed by atoms with Gasteiger partial charge in [0.2, 0.25) is 5.95 Å². The zero-order valence-electron chi connectivity index (χ0n) is 13.1. The van der Waals surface area contributed by atoms with Gasteiger partial charge in [-0.25, -0.2) is 0 Å². The minimum atomic E-state index is 0.654. The topological polar surface area (TPSA) is 53.9 Å². The van der Waals surface area contributed by atoms with Gasteiger partial charge in [0, 0.05) is 25.2 Å². The fourth-order valence-electron chi connectivity index (χ4n) is 2.06. The van der Waals surface area contributed by atoms with Crippen LogP contribution in [0.15, 0.2) is 30.5 Å². The zero-order chi connectivity index (χ0) is 15.8. The van der Waals surface area contributed by atoms with E-state index < -0.39 is 0 Å². The summed E-state index contributed by atoms with van der Waals surface area (Å²) in [5, 5.41) is 12.1. The maximum Gasteiger partial charge on any atom is 0.247 e. The molecule has 22 heavy (non-hydrogen) atoms. The van der Waals surface area contributed by atoms with Crippen molar-refractivity contribution in [1.29, 1.82) is 0 Å². The van der Waals surface area contributed by atoms with E-state index in [0.717, 1.165) is 43.2 Å². The van der Waals surface area contributed by atoms with Crippen LogP contribution in [0.3, 0.4) is 0 Å². The predicted molar refractivity (Wildman–Crippen MR) is 91.7 cm³/mol. The SMILES string of the molecule is CCCCN(C)c1nncc(NCCc2cccc(Cl)c2)n1. The van der Waals surface area contributed by atoms with E-state index in [-0.39, 0.29) is 0 Å². The van der Waals surface area contributed by atoms with Gasteiger partial charge in [-0.05, 0) is 30.5 Å². The van der Waals surface area contributed by atoms with Gasteiger partial charge in [-0.2, -0.15) is 10.1 Å². The van der Waals surface area contributed by atoms with E-state index in [2.05, 4.69) is 33.5 Å². The average Bonchev–Trinajstić information content (AvgIpc) is 2.53. The summed E-state index contributed by atoms with van der Waals surface area (Å²) in [4.78, 5) is 6.52. The van der Waals surface area contributed by atoms with Crippen molar-refractivity contribution in [3.8, 4) is 0 Å². The van der Waals surface area contributed by atoms with Gasteiger partial charge in [-0.15, -0.1) is 5.10 Å². The Bertz CT molecular complexity index is 590. The molecule has 0 aliphatic rings. The second kappa shape index (κ2) is 8.54. The fraction of sp³-hybridized carbons (Fsp3) is 0.438. The highest BCUT2D eigenvalue weighted by molar-refractivity contribution is 6.30. The van der Waals surface area contributed by atoms with Crippen LogP contribution in [0.2, 0.25) is 5.02 Å². The van der Waals surface area contributed by atoms with Crippen molar-refractivity contribution >= 4 is 23.4 Å². The van der Waals surface area contributed by atoms with Crippen LogP contribution in [0.1, 0.15) is 25.3 Å². The summed E-state index contributed by atoms with van der Waals surface area (Å²) < 4.78 is 0. The highest BCUT2D eigenvalue weighted by Gasteiger charge is 2.05. The molecule has 118 valence electrons. The summed E-state index contributed by atoms with van der Waals surface area (Å²) in [6.07, 6.45) is 4.79. The number of nitrogens with zero attached hydrogens (tertiary/aromatic N) is 4. The van der Waals surface area contributed by atoms with Crippen molar-refractivity contribution in [1.82, 2.24) is 15.2 Å². The molecule has 2 aromatic rings. The van der Waals surface area contributed by atoms with E-state index in [1.165, 1.54) is 5.56 Å². The molecule has 0 aliphatic heterocycles. The molecule has 6 heteroatoms. The lowest BCUT2D eigenvalue weighted by atomic mass is 10.1. The largest absolute Gasteiger partial charge is 0.368 e. The molecule has 5 nitrogen and oxygen atoms in total. The number of hydrogen-bond donors (Lipinski definition) is 1. The molecule has 0 saturated heterocycles. The van der Waals surface area contributed by atoms with Crippen LogP contribution in [0.25, 0.3) is 0 Å². The molecule has 0 fully saturated rings. The summed E-state index contributed by atoms with van der Waals surface area (Å²) in [6, 6.07) is 7.89. The Morgan fingerprint density at radius 3 is 2.95 bits per heavy atom. The Labute approximate surface area is 136 Å². The number of unbranched alkanes of at least 4 members (excludes halogenated alkanes) is 1. The maximum absolute atomic E-state index is 5.98. The van der Waals surface area contributed by atoms with Gasteiger partial charge in [0.05, 0.1) is 6.20 Å². The number of nitrogens with one attached hydrogen (secondary N) is 1. The zero-order valence-corrected chi connectivity index (χ0v) is 13.8. The van der Waals surface area contributed by atoms with Gasteiger partial charge < -0.3 is 10.2 Å². The fourth-order valence-corrected chi connectivity index (χ4v) is 2.28. The Hall–Kier alpha value is -1.88. The lowest BCUT2D eigenvalue weighted by Crippen LogP contribution is -2.22. The van der Waals surface area contributed by atoms with E-state index in [9.17, 15) is 0 Å². The van der Waals surface area contributed by atoms with Crippen LogP contribution in [-0.2, 0) is 6.42 Å². The van der Waals surface area contributed by atoms with E-state index in [0.29, 0.717) is 5.95 Å². The van der Waals surface area contributed by atoms with Crippen LogP contribution >= 0.6 is 11.6 Å². The van der Waals surface area contributed by atoms with Gasteiger partial charge >= 0.3 is 0 Å². The number of aromatic nitrogens is 3. The highest BCUT2D eigenvalue weighted by atomic mass is 35.5. The van der Waals surface area contributed by atoms with Crippen molar-refractivity contribution in [2.75, 3.05) is 30.4 Å². The van der Waals surface area contributed by atoms with Crippen LogP contribution in [0.5, 0.6) is 0 Å². The summed E-state index contributed by atoms with van der Waals surface area (Å²) in [5.74, 6) is 1.40. The third-order valence-electron chi connectivity index (χ3n) is 3.34. The van der Waals surface area contributed by atoms with Crippen LogP contribution in [0.4, 0.5) is 11.8 Å². The third kappa shape index (κ3) is 5.15. The quantitative estimate of drug-likeness (QED) is 0.808. The Kier molecular flexibility index (Phi) is 6.40. The third-order valence-corrected chi connectivity index (χ3v) is 3.58. The van der Waals surface area contributed by atoms with Crippen molar-refractivity contribution in [2.45, 2.75) is 26.2 Å². The monoisotopic (exact) mass is 319 g/mol. The highest BCUT2D eigenvalue weighted by Crippen LogP contribution is 2.12. The standard InChI is InChI=1S/C16H22ClN5/c1-3-4-10-22(2)16-20-15(12-19-21-16)18-9-8-13-6-5-7-14(17)11-13/h5-7,11-12H,3-4,8-10H2,1-2H3,(H,18,20,21). The van der Waals surface area contributed by atoms with E-state index >= 15 is 0 Å². The van der Waals surface area contributed by atoms with E-state index in [1.54, 1.807) is 6.20 Å². The first-order chi connectivity index (χ1) is 10.7. The number of halogens is 1. The van der Waals surface area contributed by atoms with Gasteiger partial charge in [0.1, 0.15) is 0 Å². The molecule has 0 spiro atoms.